The maximum atomic E-state index is 13.6. The summed E-state index contributed by atoms with van der Waals surface area (Å²) in [5.41, 5.74) is 3.55. The van der Waals surface area contributed by atoms with Crippen LogP contribution in [0.3, 0.4) is 0 Å². The number of hydrogen-bond donors (Lipinski definition) is 0. The topological polar surface area (TPSA) is 106 Å². The number of rotatable bonds is 11. The van der Waals surface area contributed by atoms with Crippen molar-refractivity contribution < 1.29 is 32.2 Å². The van der Waals surface area contributed by atoms with Gasteiger partial charge in [0, 0.05) is 63.5 Å². The Hall–Kier alpha value is -4.24. The van der Waals surface area contributed by atoms with Gasteiger partial charge < -0.3 is 19.1 Å². The highest BCUT2D eigenvalue weighted by Gasteiger charge is 2.44. The highest BCUT2D eigenvalue weighted by Crippen LogP contribution is 2.38. The van der Waals surface area contributed by atoms with Crippen LogP contribution in [-0.2, 0) is 6.54 Å². The average molecular weight is 765 g/mol. The van der Waals surface area contributed by atoms with Gasteiger partial charge in [0.05, 0.1) is 31.2 Å². The lowest BCUT2D eigenvalue weighted by Gasteiger charge is -2.53. The van der Waals surface area contributed by atoms with Crippen molar-refractivity contribution in [3.8, 4) is 17.8 Å². The molecule has 16 heteroatoms. The predicted octanol–water partition coefficient (Wildman–Crippen LogP) is 5.61. The van der Waals surface area contributed by atoms with Crippen LogP contribution >= 0.6 is 24.8 Å². The Morgan fingerprint density at radius 3 is 2.12 bits per heavy atom. The van der Waals surface area contributed by atoms with Crippen LogP contribution in [0.1, 0.15) is 45.7 Å². The van der Waals surface area contributed by atoms with Crippen LogP contribution in [0.25, 0.3) is 0 Å². The van der Waals surface area contributed by atoms with E-state index in [1.165, 1.54) is 13.3 Å². The fourth-order valence-corrected chi connectivity index (χ4v) is 6.86. The summed E-state index contributed by atoms with van der Waals surface area (Å²) in [6, 6.07) is 20.2. The molecule has 11 nitrogen and oxygen atoms in total. The second-order valence-corrected chi connectivity index (χ2v) is 12.4. The van der Waals surface area contributed by atoms with Gasteiger partial charge in [0.15, 0.2) is 6.61 Å². The zero-order valence-corrected chi connectivity index (χ0v) is 30.7. The first kappa shape index (κ1) is 40.5. The number of aryl methyl sites for hydroxylation is 1. The van der Waals surface area contributed by atoms with Gasteiger partial charge in [-0.15, -0.1) is 24.8 Å². The zero-order chi connectivity index (χ0) is 35.3. The number of ether oxygens (including phenoxy) is 3. The molecule has 2 aliphatic rings. The van der Waals surface area contributed by atoms with Crippen molar-refractivity contribution in [1.29, 1.82) is 0 Å². The molecule has 0 bridgehead atoms. The minimum Gasteiger partial charge on any atom is -0.481 e. The van der Waals surface area contributed by atoms with Crippen molar-refractivity contribution in [3.63, 3.8) is 0 Å². The SMILES string of the molecule is CCOc1nc(OC)c(CN2CC(C(c3ccccc3)c3ccccc3)N3CCN(C(=O)c4cnc(C)cn4)C[C@H]3C2)c(OCC(F)(F)F)n1.Cl.Cl. The summed E-state index contributed by atoms with van der Waals surface area (Å²) in [5.74, 6) is -0.427. The van der Waals surface area contributed by atoms with E-state index in [2.05, 4.69) is 54.0 Å². The highest BCUT2D eigenvalue weighted by atomic mass is 35.5. The van der Waals surface area contributed by atoms with Crippen LogP contribution in [-0.4, -0.2) is 112 Å². The van der Waals surface area contributed by atoms with Gasteiger partial charge in [-0.3, -0.25) is 19.6 Å². The number of hydrogen-bond acceptors (Lipinski definition) is 10. The van der Waals surface area contributed by atoms with Gasteiger partial charge in [0.25, 0.3) is 5.91 Å². The Balaban J connectivity index is 0.00000302. The van der Waals surface area contributed by atoms with Gasteiger partial charge in [-0.25, -0.2) is 4.98 Å². The average Bonchev–Trinajstić information content (AvgIpc) is 3.12. The van der Waals surface area contributed by atoms with Gasteiger partial charge in [-0.1, -0.05) is 60.7 Å². The quantitative estimate of drug-likeness (QED) is 0.192. The van der Waals surface area contributed by atoms with Crippen LogP contribution in [0.15, 0.2) is 73.1 Å². The van der Waals surface area contributed by atoms with Crippen molar-refractivity contribution in [2.75, 3.05) is 53.0 Å². The number of fused-ring (bicyclic) bond motifs is 1. The zero-order valence-electron chi connectivity index (χ0n) is 29.0. The van der Waals surface area contributed by atoms with Crippen LogP contribution in [0.5, 0.6) is 17.8 Å². The van der Waals surface area contributed by atoms with Crippen LogP contribution in [0, 0.1) is 6.92 Å². The number of carbonyl (C=O) groups is 1. The standard InChI is InChI=1S/C36H40F3N7O4.2ClH/c1-4-49-35-42-32(48-3)28(33(43-35)50-23-36(37,38)39)21-44-19-27-20-45(34(47)29-18-40-24(2)17-41-29)15-16-46(27)30(22-44)31(25-11-7-5-8-12-25)26-13-9-6-10-14-26;;/h5-14,17-18,27,30-31H,4,15-16,19-23H2,1-3H3;2*1H/t27-,30?;;/m1../s1. The van der Waals surface area contributed by atoms with E-state index in [1.807, 2.05) is 43.3 Å². The maximum Gasteiger partial charge on any atom is 0.422 e. The number of benzene rings is 2. The molecule has 1 unspecified atom stereocenters. The molecule has 0 spiro atoms. The smallest absolute Gasteiger partial charge is 0.422 e. The second-order valence-electron chi connectivity index (χ2n) is 12.4. The highest BCUT2D eigenvalue weighted by molar-refractivity contribution is 5.92. The predicted molar refractivity (Wildman–Crippen MR) is 193 cm³/mol. The Kier molecular flexibility index (Phi) is 14.0. The molecule has 1 amide bonds. The van der Waals surface area contributed by atoms with Crippen LogP contribution in [0.4, 0.5) is 13.2 Å². The molecule has 0 aliphatic carbocycles. The van der Waals surface area contributed by atoms with Crippen molar-refractivity contribution in [2.45, 2.75) is 44.6 Å². The third-order valence-corrected chi connectivity index (χ3v) is 8.99. The third-order valence-electron chi connectivity index (χ3n) is 8.99. The number of piperazine rings is 2. The fraction of sp³-hybridized carbons (Fsp3) is 0.417. The molecule has 4 aromatic rings. The lowest BCUT2D eigenvalue weighted by molar-refractivity contribution is -0.154. The molecule has 2 fully saturated rings. The van der Waals surface area contributed by atoms with E-state index in [0.717, 1.165) is 16.8 Å². The largest absolute Gasteiger partial charge is 0.481 e. The molecule has 2 aromatic heterocycles. The first-order valence-corrected chi connectivity index (χ1v) is 16.6. The molecule has 2 aromatic carbocycles. The van der Waals surface area contributed by atoms with Gasteiger partial charge in [-0.2, -0.15) is 23.1 Å². The summed E-state index contributed by atoms with van der Waals surface area (Å²) in [7, 11) is 1.40. The summed E-state index contributed by atoms with van der Waals surface area (Å²) >= 11 is 0. The van der Waals surface area contributed by atoms with E-state index in [0.29, 0.717) is 32.7 Å². The number of alkyl halides is 3. The number of methoxy groups -OCH3 is 1. The Bertz CT molecular complexity index is 1700. The van der Waals surface area contributed by atoms with Gasteiger partial charge in [-0.05, 0) is 25.0 Å². The second kappa shape index (κ2) is 18.0. The molecule has 52 heavy (non-hydrogen) atoms. The van der Waals surface area contributed by atoms with Crippen molar-refractivity contribution in [1.82, 2.24) is 34.6 Å². The number of halogens is 5. The van der Waals surface area contributed by atoms with E-state index >= 15 is 0 Å². The summed E-state index contributed by atoms with van der Waals surface area (Å²) in [5, 5.41) is 0. The van der Waals surface area contributed by atoms with E-state index in [4.69, 9.17) is 14.2 Å². The summed E-state index contributed by atoms with van der Waals surface area (Å²) in [6.07, 6.45) is -1.51. The lowest BCUT2D eigenvalue weighted by atomic mass is 9.81. The van der Waals surface area contributed by atoms with Crippen LogP contribution in [0.2, 0.25) is 0 Å². The molecule has 4 heterocycles. The number of amides is 1. The minimum atomic E-state index is -4.59. The van der Waals surface area contributed by atoms with E-state index in [1.54, 1.807) is 18.0 Å². The van der Waals surface area contributed by atoms with Gasteiger partial charge in [0.2, 0.25) is 11.8 Å². The van der Waals surface area contributed by atoms with E-state index in [-0.39, 0.29) is 90.9 Å². The number of nitrogens with zero attached hydrogens (tertiary/aromatic N) is 7. The normalized spacial score (nSPS) is 17.8. The molecular formula is C36H42Cl2F3N7O4. The molecule has 6 rings (SSSR count). The lowest BCUT2D eigenvalue weighted by Crippen LogP contribution is -2.67. The molecule has 0 N–H and O–H groups in total. The molecule has 2 aliphatic heterocycles. The van der Waals surface area contributed by atoms with Gasteiger partial charge >= 0.3 is 12.2 Å². The Labute approximate surface area is 313 Å². The molecule has 0 radical (unpaired) electrons. The summed E-state index contributed by atoms with van der Waals surface area (Å²) in [4.78, 5) is 37.2. The molecular weight excluding hydrogens is 722 g/mol. The minimum absolute atomic E-state index is 0. The first-order valence-electron chi connectivity index (χ1n) is 16.6. The third kappa shape index (κ3) is 9.59. The molecule has 0 saturated carbocycles. The molecule has 2 saturated heterocycles. The molecule has 2 atom stereocenters. The first-order chi connectivity index (χ1) is 24.1. The van der Waals surface area contributed by atoms with Crippen LogP contribution < -0.4 is 14.2 Å². The van der Waals surface area contributed by atoms with Crippen molar-refractivity contribution in [3.05, 3.63) is 101 Å². The van der Waals surface area contributed by atoms with Crippen molar-refractivity contribution >= 4 is 30.7 Å². The Morgan fingerprint density at radius 2 is 1.54 bits per heavy atom. The number of aromatic nitrogens is 4. The Morgan fingerprint density at radius 1 is 0.885 bits per heavy atom. The van der Waals surface area contributed by atoms with E-state index < -0.39 is 12.8 Å². The molecule has 280 valence electrons. The summed E-state index contributed by atoms with van der Waals surface area (Å²) < 4.78 is 56.4. The summed E-state index contributed by atoms with van der Waals surface area (Å²) in [6.45, 7) is 4.96. The number of carbonyl (C=O) groups excluding carboxylic acids is 1. The maximum absolute atomic E-state index is 13.6. The van der Waals surface area contributed by atoms with Crippen molar-refractivity contribution in [2.24, 2.45) is 0 Å². The van der Waals surface area contributed by atoms with Gasteiger partial charge in [0.1, 0.15) is 5.69 Å². The van der Waals surface area contributed by atoms with E-state index in [9.17, 15) is 18.0 Å². The monoisotopic (exact) mass is 763 g/mol. The fourth-order valence-electron chi connectivity index (χ4n) is 6.86.